The zero-order chi connectivity index (χ0) is 22.8. The Morgan fingerprint density at radius 2 is 1.97 bits per heavy atom. The zero-order valence-electron chi connectivity index (χ0n) is 18.5. The van der Waals surface area contributed by atoms with E-state index >= 15 is 0 Å². The van der Waals surface area contributed by atoms with Crippen molar-refractivity contribution in [2.24, 2.45) is 5.73 Å². The van der Waals surface area contributed by atoms with Crippen molar-refractivity contribution in [2.45, 2.75) is 38.3 Å². The third-order valence-corrected chi connectivity index (χ3v) is 6.30. The number of carbonyl (C=O) groups excluding carboxylic acids is 1. The Labute approximate surface area is 192 Å². The van der Waals surface area contributed by atoms with Gasteiger partial charge in [-0.1, -0.05) is 24.6 Å². The molecule has 0 bridgehead atoms. The van der Waals surface area contributed by atoms with Gasteiger partial charge in [-0.15, -0.1) is 10.2 Å². The van der Waals surface area contributed by atoms with E-state index < -0.39 is 5.91 Å². The van der Waals surface area contributed by atoms with Gasteiger partial charge in [-0.2, -0.15) is 4.98 Å². The van der Waals surface area contributed by atoms with Crippen LogP contribution in [0.3, 0.4) is 0 Å². The van der Waals surface area contributed by atoms with Crippen LogP contribution in [0.2, 0.25) is 0 Å². The van der Waals surface area contributed by atoms with Crippen LogP contribution in [0.5, 0.6) is 5.75 Å². The minimum absolute atomic E-state index is 0.0297. The molecule has 0 spiro atoms. The van der Waals surface area contributed by atoms with Gasteiger partial charge in [0.1, 0.15) is 5.75 Å². The number of anilines is 4. The molecule has 1 amide bonds. The van der Waals surface area contributed by atoms with Crippen LogP contribution in [-0.2, 0) is 13.0 Å². The van der Waals surface area contributed by atoms with Crippen LogP contribution in [0, 0.1) is 0 Å². The molecule has 2 aromatic carbocycles. The van der Waals surface area contributed by atoms with Gasteiger partial charge in [-0.25, -0.2) is 0 Å². The summed E-state index contributed by atoms with van der Waals surface area (Å²) in [6, 6.07) is 14.2. The number of nitrogens with one attached hydrogen (secondary N) is 2. The van der Waals surface area contributed by atoms with Crippen molar-refractivity contribution in [1.82, 2.24) is 20.1 Å². The number of benzene rings is 2. The summed E-state index contributed by atoms with van der Waals surface area (Å²) < 4.78 is 5.67. The number of para-hydroxylation sites is 1. The predicted octanol–water partition coefficient (Wildman–Crippen LogP) is 3.38. The van der Waals surface area contributed by atoms with Gasteiger partial charge < -0.3 is 21.1 Å². The maximum absolute atomic E-state index is 11.9. The van der Waals surface area contributed by atoms with Crippen LogP contribution in [0.25, 0.3) is 0 Å². The van der Waals surface area contributed by atoms with Gasteiger partial charge in [0.2, 0.25) is 5.95 Å². The number of methoxy groups -OCH3 is 1. The molecule has 9 nitrogen and oxygen atoms in total. The maximum Gasteiger partial charge on any atom is 0.273 e. The Morgan fingerprint density at radius 1 is 1.12 bits per heavy atom. The molecular weight excluding hydrogens is 418 g/mol. The van der Waals surface area contributed by atoms with E-state index in [0.717, 1.165) is 36.6 Å². The Morgan fingerprint density at radius 3 is 2.76 bits per heavy atom. The lowest BCUT2D eigenvalue weighted by atomic mass is 9.88. The summed E-state index contributed by atoms with van der Waals surface area (Å²) in [4.78, 5) is 18.9. The molecule has 0 aliphatic carbocycles. The summed E-state index contributed by atoms with van der Waals surface area (Å²) >= 11 is 0. The molecule has 5 rings (SSSR count). The standard InChI is InChI=1S/C24H27N7O2/c1-33-20-13-15-11-18-9-5-6-10-31(18)14-16(15)12-19(20)27-24-28-23(21(22(25)32)29-30-24)26-17-7-3-2-4-8-17/h2-4,7-8,12-13,18H,5-6,9-11,14H2,1H3,(H2,25,32)(H2,26,27,28,30). The molecule has 1 fully saturated rings. The first kappa shape index (κ1) is 21.1. The number of piperidine rings is 1. The van der Waals surface area contributed by atoms with Gasteiger partial charge in [-0.05, 0) is 61.2 Å². The third-order valence-electron chi connectivity index (χ3n) is 6.30. The quantitative estimate of drug-likeness (QED) is 0.528. The third kappa shape index (κ3) is 4.45. The fraction of sp³-hybridized carbons (Fsp3) is 0.333. The van der Waals surface area contributed by atoms with Gasteiger partial charge in [0.15, 0.2) is 11.5 Å². The molecule has 1 unspecified atom stereocenters. The fourth-order valence-electron chi connectivity index (χ4n) is 4.65. The van der Waals surface area contributed by atoms with E-state index in [9.17, 15) is 4.79 Å². The monoisotopic (exact) mass is 445 g/mol. The number of primary amides is 1. The van der Waals surface area contributed by atoms with Crippen LogP contribution in [0.15, 0.2) is 42.5 Å². The number of fused-ring (bicyclic) bond motifs is 2. The summed E-state index contributed by atoms with van der Waals surface area (Å²) in [6.45, 7) is 2.08. The second-order valence-electron chi connectivity index (χ2n) is 8.46. The van der Waals surface area contributed by atoms with Crippen molar-refractivity contribution in [3.05, 3.63) is 59.3 Å². The van der Waals surface area contributed by atoms with E-state index in [0.29, 0.717) is 6.04 Å². The number of nitrogens with zero attached hydrogens (tertiary/aromatic N) is 4. The first-order valence-corrected chi connectivity index (χ1v) is 11.2. The predicted molar refractivity (Wildman–Crippen MR) is 126 cm³/mol. The topological polar surface area (TPSA) is 118 Å². The van der Waals surface area contributed by atoms with Gasteiger partial charge >= 0.3 is 0 Å². The maximum atomic E-state index is 11.9. The van der Waals surface area contributed by atoms with E-state index in [4.69, 9.17) is 10.5 Å². The van der Waals surface area contributed by atoms with Crippen LogP contribution in [0.4, 0.5) is 23.1 Å². The first-order valence-electron chi connectivity index (χ1n) is 11.2. The number of hydrogen-bond donors (Lipinski definition) is 3. The molecule has 0 radical (unpaired) electrons. The van der Waals surface area contributed by atoms with Crippen molar-refractivity contribution in [2.75, 3.05) is 24.3 Å². The Bertz CT molecular complexity index is 1170. The number of carbonyl (C=O) groups is 1. The number of nitrogens with two attached hydrogens (primary N) is 1. The fourth-order valence-corrected chi connectivity index (χ4v) is 4.65. The van der Waals surface area contributed by atoms with E-state index in [1.807, 2.05) is 30.3 Å². The van der Waals surface area contributed by atoms with E-state index in [-0.39, 0.29) is 17.5 Å². The molecule has 1 atom stereocenters. The highest BCUT2D eigenvalue weighted by atomic mass is 16.5. The molecular formula is C24H27N7O2. The molecule has 1 saturated heterocycles. The highest BCUT2D eigenvalue weighted by Crippen LogP contribution is 2.36. The molecule has 3 heterocycles. The number of amides is 1. The Kier molecular flexibility index (Phi) is 5.78. The van der Waals surface area contributed by atoms with E-state index in [1.165, 1.54) is 30.4 Å². The molecule has 3 aromatic rings. The number of ether oxygens (including phenoxy) is 1. The number of aromatic nitrogens is 3. The van der Waals surface area contributed by atoms with Crippen molar-refractivity contribution < 1.29 is 9.53 Å². The lowest BCUT2D eigenvalue weighted by Gasteiger charge is -2.40. The second-order valence-corrected chi connectivity index (χ2v) is 8.46. The zero-order valence-corrected chi connectivity index (χ0v) is 18.5. The van der Waals surface area contributed by atoms with Crippen molar-refractivity contribution in [3.8, 4) is 5.75 Å². The summed E-state index contributed by atoms with van der Waals surface area (Å²) in [5.41, 5.74) is 9.57. The van der Waals surface area contributed by atoms with Gasteiger partial charge in [0, 0.05) is 18.3 Å². The molecule has 33 heavy (non-hydrogen) atoms. The average Bonchev–Trinajstić information content (AvgIpc) is 2.83. The summed E-state index contributed by atoms with van der Waals surface area (Å²) in [5.74, 6) is 0.489. The summed E-state index contributed by atoms with van der Waals surface area (Å²) in [6.07, 6.45) is 4.86. The van der Waals surface area contributed by atoms with Crippen molar-refractivity contribution in [1.29, 1.82) is 0 Å². The van der Waals surface area contributed by atoms with Crippen LogP contribution >= 0.6 is 0 Å². The van der Waals surface area contributed by atoms with Gasteiger partial charge in [0.05, 0.1) is 12.8 Å². The minimum atomic E-state index is -0.706. The lowest BCUT2D eigenvalue weighted by molar-refractivity contribution is 0.0995. The van der Waals surface area contributed by atoms with Crippen LogP contribution in [-0.4, -0.2) is 45.7 Å². The molecule has 2 aliphatic heterocycles. The molecule has 9 heteroatoms. The van der Waals surface area contributed by atoms with E-state index in [2.05, 4.69) is 42.8 Å². The Balaban J connectivity index is 1.45. The number of rotatable bonds is 6. The largest absolute Gasteiger partial charge is 0.495 e. The van der Waals surface area contributed by atoms with Crippen molar-refractivity contribution in [3.63, 3.8) is 0 Å². The highest BCUT2D eigenvalue weighted by molar-refractivity contribution is 5.96. The van der Waals surface area contributed by atoms with Gasteiger partial charge in [-0.3, -0.25) is 9.69 Å². The lowest BCUT2D eigenvalue weighted by Crippen LogP contribution is -2.43. The molecule has 170 valence electrons. The Hall–Kier alpha value is -3.72. The summed E-state index contributed by atoms with van der Waals surface area (Å²) in [5, 5.41) is 14.4. The minimum Gasteiger partial charge on any atom is -0.495 e. The normalized spacial score (nSPS) is 17.5. The SMILES string of the molecule is COc1cc2c(cc1Nc1nnc(C(N)=O)c(Nc3ccccc3)n1)CN1CCCCC1C2. The average molecular weight is 446 g/mol. The van der Waals surface area contributed by atoms with Crippen LogP contribution < -0.4 is 21.1 Å². The molecule has 1 aromatic heterocycles. The molecule has 2 aliphatic rings. The van der Waals surface area contributed by atoms with Gasteiger partial charge in [0.25, 0.3) is 5.91 Å². The number of hydrogen-bond acceptors (Lipinski definition) is 8. The second kappa shape index (κ2) is 9.03. The molecule has 0 saturated carbocycles. The summed E-state index contributed by atoms with van der Waals surface area (Å²) in [7, 11) is 1.65. The first-order chi connectivity index (χ1) is 16.1. The molecule has 4 N–H and O–H groups in total. The van der Waals surface area contributed by atoms with E-state index in [1.54, 1.807) is 7.11 Å². The highest BCUT2D eigenvalue weighted by Gasteiger charge is 2.29. The van der Waals surface area contributed by atoms with Crippen LogP contribution in [0.1, 0.15) is 40.9 Å². The van der Waals surface area contributed by atoms with Crippen molar-refractivity contribution >= 4 is 29.0 Å². The smallest absolute Gasteiger partial charge is 0.273 e.